The van der Waals surface area contributed by atoms with Crippen LogP contribution in [0, 0.1) is 12.8 Å². The van der Waals surface area contributed by atoms with Gasteiger partial charge in [0.25, 0.3) is 5.91 Å². The summed E-state index contributed by atoms with van der Waals surface area (Å²) in [5.74, 6) is -0.103. The van der Waals surface area contributed by atoms with E-state index in [-0.39, 0.29) is 11.8 Å². The Hall–Kier alpha value is -2.42. The number of amides is 1. The average molecular weight is 278 g/mol. The summed E-state index contributed by atoms with van der Waals surface area (Å²) in [6, 6.07) is 18.0. The normalized spacial score (nSPS) is 18.0. The predicted molar refractivity (Wildman–Crippen MR) is 85.4 cm³/mol. The summed E-state index contributed by atoms with van der Waals surface area (Å²) >= 11 is 0. The second kappa shape index (κ2) is 5.52. The van der Waals surface area contributed by atoms with Gasteiger partial charge in [0.1, 0.15) is 0 Å². The molecule has 0 saturated heterocycles. The number of hydrogen-bond donors (Lipinski definition) is 0. The first kappa shape index (κ1) is 13.6. The highest BCUT2D eigenvalue weighted by molar-refractivity contribution is 6.14. The quantitative estimate of drug-likeness (QED) is 0.844. The molecule has 1 aliphatic heterocycles. The van der Waals surface area contributed by atoms with Gasteiger partial charge in [-0.2, -0.15) is 5.10 Å². The Morgan fingerprint density at radius 2 is 1.67 bits per heavy atom. The maximum atomic E-state index is 12.6. The molecule has 21 heavy (non-hydrogen) atoms. The molecule has 1 heterocycles. The van der Waals surface area contributed by atoms with E-state index in [1.54, 1.807) is 0 Å². The Morgan fingerprint density at radius 1 is 1.00 bits per heavy atom. The molecular weight excluding hydrogens is 260 g/mol. The van der Waals surface area contributed by atoms with Crippen molar-refractivity contribution in [2.75, 3.05) is 5.01 Å². The summed E-state index contributed by atoms with van der Waals surface area (Å²) < 4.78 is 0. The van der Waals surface area contributed by atoms with Crippen LogP contribution < -0.4 is 5.01 Å². The van der Waals surface area contributed by atoms with Gasteiger partial charge in [0, 0.05) is 5.71 Å². The van der Waals surface area contributed by atoms with Crippen LogP contribution in [0.2, 0.25) is 0 Å². The molecule has 0 N–H and O–H groups in total. The summed E-state index contributed by atoms with van der Waals surface area (Å²) in [6.07, 6.45) is 0.706. The fourth-order valence-corrected chi connectivity index (χ4v) is 2.56. The van der Waals surface area contributed by atoms with E-state index < -0.39 is 0 Å². The van der Waals surface area contributed by atoms with Gasteiger partial charge in [-0.15, -0.1) is 0 Å². The zero-order chi connectivity index (χ0) is 14.8. The minimum atomic E-state index is -0.159. The number of aryl methyl sites for hydroxylation is 1. The van der Waals surface area contributed by atoms with Gasteiger partial charge >= 0.3 is 0 Å². The molecule has 1 atom stereocenters. The minimum absolute atomic E-state index is 0.0557. The molecule has 0 aliphatic carbocycles. The predicted octanol–water partition coefficient (Wildman–Crippen LogP) is 3.58. The molecule has 0 aromatic heterocycles. The largest absolute Gasteiger partial charge is 0.272 e. The molecule has 0 radical (unpaired) electrons. The van der Waals surface area contributed by atoms with Crippen LogP contribution in [0.1, 0.15) is 18.1 Å². The van der Waals surface area contributed by atoms with E-state index in [0.29, 0.717) is 6.42 Å². The maximum absolute atomic E-state index is 12.6. The fraction of sp³-hybridized carbons (Fsp3) is 0.222. The molecule has 1 amide bonds. The van der Waals surface area contributed by atoms with Crippen molar-refractivity contribution >= 4 is 17.3 Å². The molecule has 0 fully saturated rings. The van der Waals surface area contributed by atoms with Crippen LogP contribution in [0.15, 0.2) is 59.7 Å². The van der Waals surface area contributed by atoms with E-state index in [4.69, 9.17) is 0 Å². The van der Waals surface area contributed by atoms with Crippen molar-refractivity contribution < 1.29 is 4.79 Å². The molecule has 1 aliphatic rings. The number of carbonyl (C=O) groups is 1. The zero-order valence-corrected chi connectivity index (χ0v) is 12.3. The van der Waals surface area contributed by atoms with Crippen LogP contribution in [-0.4, -0.2) is 11.6 Å². The highest BCUT2D eigenvalue weighted by atomic mass is 16.2. The molecule has 3 nitrogen and oxygen atoms in total. The van der Waals surface area contributed by atoms with Gasteiger partial charge in [-0.3, -0.25) is 4.79 Å². The van der Waals surface area contributed by atoms with E-state index in [2.05, 4.69) is 17.2 Å². The number of rotatable bonds is 3. The number of hydrogen-bond acceptors (Lipinski definition) is 2. The van der Waals surface area contributed by atoms with Crippen LogP contribution in [0.3, 0.4) is 0 Å². The maximum Gasteiger partial charge on any atom is 0.256 e. The molecule has 2 aromatic rings. The molecule has 0 bridgehead atoms. The van der Waals surface area contributed by atoms with Gasteiger partial charge in [0.05, 0.1) is 11.6 Å². The van der Waals surface area contributed by atoms with Crippen molar-refractivity contribution in [1.29, 1.82) is 0 Å². The lowest BCUT2D eigenvalue weighted by atomic mass is 9.95. The number of nitrogens with zero attached hydrogens (tertiary/aromatic N) is 2. The Kier molecular flexibility index (Phi) is 3.57. The molecule has 106 valence electrons. The Labute approximate surface area is 124 Å². The van der Waals surface area contributed by atoms with Gasteiger partial charge in [0.15, 0.2) is 0 Å². The van der Waals surface area contributed by atoms with Gasteiger partial charge in [-0.05, 0) is 38.0 Å². The lowest BCUT2D eigenvalue weighted by Crippen LogP contribution is -2.28. The lowest BCUT2D eigenvalue weighted by molar-refractivity contribution is -0.119. The van der Waals surface area contributed by atoms with Crippen LogP contribution in [0.4, 0.5) is 5.69 Å². The molecule has 1 unspecified atom stereocenters. The van der Waals surface area contributed by atoms with Crippen molar-refractivity contribution in [1.82, 2.24) is 0 Å². The Morgan fingerprint density at radius 3 is 2.33 bits per heavy atom. The lowest BCUT2D eigenvalue weighted by Gasteiger charge is -2.14. The molecule has 3 heteroatoms. The monoisotopic (exact) mass is 278 g/mol. The third-order valence-electron chi connectivity index (χ3n) is 3.83. The summed E-state index contributed by atoms with van der Waals surface area (Å²) in [6.45, 7) is 3.96. The van der Waals surface area contributed by atoms with Crippen molar-refractivity contribution in [3.8, 4) is 0 Å². The Balaban J connectivity index is 1.82. The summed E-state index contributed by atoms with van der Waals surface area (Å²) in [4.78, 5) is 12.6. The van der Waals surface area contributed by atoms with Gasteiger partial charge in [0.2, 0.25) is 0 Å². The minimum Gasteiger partial charge on any atom is -0.272 e. The standard InChI is InChI=1S/C18H18N2O/c1-13-8-10-16(11-9-13)20-18(21)17(14(2)19-20)12-15-6-4-3-5-7-15/h3-11,17H,12H2,1-2H3. The first-order valence-electron chi connectivity index (χ1n) is 7.15. The number of hydrazone groups is 1. The fourth-order valence-electron chi connectivity index (χ4n) is 2.56. The topological polar surface area (TPSA) is 32.7 Å². The smallest absolute Gasteiger partial charge is 0.256 e. The zero-order valence-electron chi connectivity index (χ0n) is 12.3. The first-order valence-corrected chi connectivity index (χ1v) is 7.15. The highest BCUT2D eigenvalue weighted by Crippen LogP contribution is 2.26. The SMILES string of the molecule is CC1=NN(c2ccc(C)cc2)C(=O)C1Cc1ccccc1. The average Bonchev–Trinajstić information content (AvgIpc) is 2.77. The van der Waals surface area contributed by atoms with E-state index in [1.165, 1.54) is 10.6 Å². The van der Waals surface area contributed by atoms with Crippen LogP contribution in [0.25, 0.3) is 0 Å². The number of carbonyl (C=O) groups excluding carboxylic acids is 1. The van der Waals surface area contributed by atoms with Crippen molar-refractivity contribution in [3.63, 3.8) is 0 Å². The van der Waals surface area contributed by atoms with Gasteiger partial charge < -0.3 is 0 Å². The van der Waals surface area contributed by atoms with E-state index in [1.807, 2.05) is 56.3 Å². The van der Waals surface area contributed by atoms with Crippen molar-refractivity contribution in [3.05, 3.63) is 65.7 Å². The molecule has 0 spiro atoms. The first-order chi connectivity index (χ1) is 10.1. The van der Waals surface area contributed by atoms with Gasteiger partial charge in [-0.1, -0.05) is 48.0 Å². The molecule has 0 saturated carbocycles. The van der Waals surface area contributed by atoms with E-state index >= 15 is 0 Å². The van der Waals surface area contributed by atoms with E-state index in [9.17, 15) is 4.79 Å². The van der Waals surface area contributed by atoms with Crippen LogP contribution >= 0.6 is 0 Å². The number of benzene rings is 2. The van der Waals surface area contributed by atoms with Crippen molar-refractivity contribution in [2.24, 2.45) is 11.0 Å². The van der Waals surface area contributed by atoms with Crippen LogP contribution in [0.5, 0.6) is 0 Å². The summed E-state index contributed by atoms with van der Waals surface area (Å²) in [7, 11) is 0. The third kappa shape index (κ3) is 2.72. The van der Waals surface area contributed by atoms with Gasteiger partial charge in [-0.25, -0.2) is 5.01 Å². The third-order valence-corrected chi connectivity index (χ3v) is 3.83. The second-order valence-electron chi connectivity index (χ2n) is 5.47. The summed E-state index contributed by atoms with van der Waals surface area (Å²) in [5.41, 5.74) is 4.05. The number of anilines is 1. The Bertz CT molecular complexity index is 674. The molecular formula is C18H18N2O. The summed E-state index contributed by atoms with van der Waals surface area (Å²) in [5, 5.41) is 5.98. The molecule has 2 aromatic carbocycles. The van der Waals surface area contributed by atoms with E-state index in [0.717, 1.165) is 17.0 Å². The highest BCUT2D eigenvalue weighted by Gasteiger charge is 2.34. The molecule has 3 rings (SSSR count). The second-order valence-corrected chi connectivity index (χ2v) is 5.47. The van der Waals surface area contributed by atoms with Crippen molar-refractivity contribution in [2.45, 2.75) is 20.3 Å². The van der Waals surface area contributed by atoms with Crippen LogP contribution in [-0.2, 0) is 11.2 Å².